The quantitative estimate of drug-likeness (QED) is 0.619. The molecular formula is C10H22O2. The molecule has 0 amide bonds. The Balaban J connectivity index is 3.55. The van der Waals surface area contributed by atoms with Gasteiger partial charge in [-0.05, 0) is 32.1 Å². The minimum absolute atomic E-state index is 0.219. The Morgan fingerprint density at radius 1 is 1.17 bits per heavy atom. The Morgan fingerprint density at radius 2 is 1.75 bits per heavy atom. The smallest absolute Gasteiger partial charge is 0.0540 e. The zero-order valence-corrected chi connectivity index (χ0v) is 8.29. The molecular weight excluding hydrogens is 152 g/mol. The van der Waals surface area contributed by atoms with Gasteiger partial charge in [-0.15, -0.1) is 0 Å². The highest BCUT2D eigenvalue weighted by atomic mass is 16.3. The first-order valence-electron chi connectivity index (χ1n) is 5.01. The number of unbranched alkanes of at least 4 members (excludes halogenated alkanes) is 1. The molecule has 74 valence electrons. The lowest BCUT2D eigenvalue weighted by Crippen LogP contribution is -2.17. The van der Waals surface area contributed by atoms with E-state index in [9.17, 15) is 5.11 Å². The maximum Gasteiger partial charge on any atom is 0.0540 e. The summed E-state index contributed by atoms with van der Waals surface area (Å²) >= 11 is 0. The minimum atomic E-state index is -0.219. The van der Waals surface area contributed by atoms with Crippen molar-refractivity contribution in [1.29, 1.82) is 0 Å². The highest BCUT2D eigenvalue weighted by molar-refractivity contribution is 4.64. The zero-order valence-electron chi connectivity index (χ0n) is 8.29. The van der Waals surface area contributed by atoms with Crippen LogP contribution in [0.25, 0.3) is 0 Å². The average Bonchev–Trinajstić information content (AvgIpc) is 2.04. The fourth-order valence-corrected chi connectivity index (χ4v) is 1.45. The Labute approximate surface area is 75.6 Å². The van der Waals surface area contributed by atoms with E-state index in [0.29, 0.717) is 5.92 Å². The summed E-state index contributed by atoms with van der Waals surface area (Å²) in [7, 11) is 0. The van der Waals surface area contributed by atoms with Gasteiger partial charge in [-0.2, -0.15) is 0 Å². The number of rotatable bonds is 7. The van der Waals surface area contributed by atoms with Crippen LogP contribution in [-0.4, -0.2) is 22.9 Å². The Morgan fingerprint density at radius 3 is 2.17 bits per heavy atom. The highest BCUT2D eigenvalue weighted by Gasteiger charge is 2.13. The van der Waals surface area contributed by atoms with Crippen LogP contribution in [0.4, 0.5) is 0 Å². The van der Waals surface area contributed by atoms with Crippen LogP contribution in [0.2, 0.25) is 0 Å². The molecule has 0 radical (unpaired) electrons. The average molecular weight is 174 g/mol. The Kier molecular flexibility index (Phi) is 7.51. The first kappa shape index (κ1) is 11.9. The van der Waals surface area contributed by atoms with Crippen molar-refractivity contribution in [2.24, 2.45) is 5.92 Å². The summed E-state index contributed by atoms with van der Waals surface area (Å²) in [6, 6.07) is 0. The molecule has 0 fully saturated rings. The van der Waals surface area contributed by atoms with Gasteiger partial charge in [-0.1, -0.05) is 19.8 Å². The van der Waals surface area contributed by atoms with Crippen molar-refractivity contribution in [2.75, 3.05) is 6.61 Å². The number of aliphatic hydroxyl groups excluding tert-OH is 2. The van der Waals surface area contributed by atoms with E-state index in [4.69, 9.17) is 5.11 Å². The van der Waals surface area contributed by atoms with Crippen LogP contribution in [0.5, 0.6) is 0 Å². The fourth-order valence-electron chi connectivity index (χ4n) is 1.45. The molecule has 0 bridgehead atoms. The molecule has 0 heterocycles. The first-order valence-corrected chi connectivity index (χ1v) is 5.01. The molecule has 2 nitrogen and oxygen atoms in total. The normalized spacial score (nSPS) is 16.0. The highest BCUT2D eigenvalue weighted by Crippen LogP contribution is 2.18. The largest absolute Gasteiger partial charge is 0.396 e. The van der Waals surface area contributed by atoms with Gasteiger partial charge in [-0.3, -0.25) is 0 Å². The van der Waals surface area contributed by atoms with Crippen molar-refractivity contribution in [3.05, 3.63) is 0 Å². The zero-order chi connectivity index (χ0) is 9.40. The maximum atomic E-state index is 9.38. The van der Waals surface area contributed by atoms with Crippen LogP contribution >= 0.6 is 0 Å². The summed E-state index contributed by atoms with van der Waals surface area (Å²) < 4.78 is 0. The van der Waals surface area contributed by atoms with Gasteiger partial charge in [0.05, 0.1) is 6.10 Å². The molecule has 2 N–H and O–H groups in total. The predicted octanol–water partition coefficient (Wildman–Crippen LogP) is 1.95. The first-order chi connectivity index (χ1) is 5.72. The molecule has 0 aromatic heterocycles. The third-order valence-electron chi connectivity index (χ3n) is 2.34. The Hall–Kier alpha value is -0.0800. The Bertz CT molecular complexity index is 83.8. The third kappa shape index (κ3) is 5.56. The second-order valence-electron chi connectivity index (χ2n) is 3.51. The lowest BCUT2D eigenvalue weighted by Gasteiger charge is -2.18. The van der Waals surface area contributed by atoms with Crippen molar-refractivity contribution in [3.63, 3.8) is 0 Å². The number of aliphatic hydroxyl groups is 2. The topological polar surface area (TPSA) is 40.5 Å². The van der Waals surface area contributed by atoms with E-state index in [1.165, 1.54) is 12.8 Å². The van der Waals surface area contributed by atoms with Crippen LogP contribution < -0.4 is 0 Å². The molecule has 0 aliphatic heterocycles. The standard InChI is InChI=1S/C10H22O2/c1-3-4-6-10(9(2)12)7-5-8-11/h9-12H,3-8H2,1-2H3. The summed E-state index contributed by atoms with van der Waals surface area (Å²) in [5, 5.41) is 18.0. The van der Waals surface area contributed by atoms with E-state index in [1.807, 2.05) is 6.92 Å². The van der Waals surface area contributed by atoms with Crippen LogP contribution in [0.3, 0.4) is 0 Å². The third-order valence-corrected chi connectivity index (χ3v) is 2.34. The van der Waals surface area contributed by atoms with Gasteiger partial charge < -0.3 is 10.2 Å². The van der Waals surface area contributed by atoms with E-state index in [2.05, 4.69) is 6.92 Å². The summed E-state index contributed by atoms with van der Waals surface area (Å²) in [6.45, 7) is 4.25. The predicted molar refractivity (Wildman–Crippen MR) is 51.0 cm³/mol. The van der Waals surface area contributed by atoms with Gasteiger partial charge in [0.25, 0.3) is 0 Å². The van der Waals surface area contributed by atoms with Crippen LogP contribution in [-0.2, 0) is 0 Å². The molecule has 2 unspecified atom stereocenters. The molecule has 0 aliphatic carbocycles. The molecule has 2 heteroatoms. The van der Waals surface area contributed by atoms with Gasteiger partial charge in [0.15, 0.2) is 0 Å². The summed E-state index contributed by atoms with van der Waals surface area (Å²) in [5.74, 6) is 0.386. The van der Waals surface area contributed by atoms with E-state index in [0.717, 1.165) is 19.3 Å². The molecule has 0 saturated carbocycles. The second-order valence-corrected chi connectivity index (χ2v) is 3.51. The van der Waals surface area contributed by atoms with Gasteiger partial charge >= 0.3 is 0 Å². The van der Waals surface area contributed by atoms with Gasteiger partial charge in [-0.25, -0.2) is 0 Å². The SMILES string of the molecule is CCCCC(CCCO)C(C)O. The van der Waals surface area contributed by atoms with Crippen molar-refractivity contribution < 1.29 is 10.2 Å². The number of hydrogen-bond acceptors (Lipinski definition) is 2. The van der Waals surface area contributed by atoms with E-state index >= 15 is 0 Å². The molecule has 0 aromatic carbocycles. The van der Waals surface area contributed by atoms with Crippen LogP contribution in [0, 0.1) is 5.92 Å². The molecule has 0 rings (SSSR count). The summed E-state index contributed by atoms with van der Waals surface area (Å²) in [5.41, 5.74) is 0. The minimum Gasteiger partial charge on any atom is -0.396 e. The lowest BCUT2D eigenvalue weighted by atomic mass is 9.92. The molecule has 0 aliphatic rings. The van der Waals surface area contributed by atoms with Crippen LogP contribution in [0.1, 0.15) is 46.0 Å². The summed E-state index contributed by atoms with van der Waals surface area (Å²) in [6.07, 6.45) is 5.01. The second kappa shape index (κ2) is 7.56. The molecule has 0 aromatic rings. The van der Waals surface area contributed by atoms with Gasteiger partial charge in [0.1, 0.15) is 0 Å². The summed E-state index contributed by atoms with van der Waals surface area (Å²) in [4.78, 5) is 0. The van der Waals surface area contributed by atoms with E-state index < -0.39 is 0 Å². The molecule has 0 spiro atoms. The van der Waals surface area contributed by atoms with E-state index in [-0.39, 0.29) is 12.7 Å². The van der Waals surface area contributed by atoms with Gasteiger partial charge in [0.2, 0.25) is 0 Å². The maximum absolute atomic E-state index is 9.38. The van der Waals surface area contributed by atoms with Crippen molar-refractivity contribution in [2.45, 2.75) is 52.1 Å². The fraction of sp³-hybridized carbons (Fsp3) is 1.00. The molecule has 0 saturated heterocycles. The van der Waals surface area contributed by atoms with Crippen LogP contribution in [0.15, 0.2) is 0 Å². The lowest BCUT2D eigenvalue weighted by molar-refractivity contribution is 0.107. The van der Waals surface area contributed by atoms with E-state index in [1.54, 1.807) is 0 Å². The van der Waals surface area contributed by atoms with Crippen molar-refractivity contribution >= 4 is 0 Å². The van der Waals surface area contributed by atoms with Crippen molar-refractivity contribution in [3.8, 4) is 0 Å². The monoisotopic (exact) mass is 174 g/mol. The molecule has 12 heavy (non-hydrogen) atoms. The molecule has 2 atom stereocenters. The number of hydrogen-bond donors (Lipinski definition) is 2. The van der Waals surface area contributed by atoms with Gasteiger partial charge in [0, 0.05) is 6.61 Å². The van der Waals surface area contributed by atoms with Crippen molar-refractivity contribution in [1.82, 2.24) is 0 Å².